The Morgan fingerprint density at radius 2 is 2.19 bits per heavy atom. The number of rotatable bonds is 6. The lowest BCUT2D eigenvalue weighted by Gasteiger charge is -2.10. The fourth-order valence-corrected chi connectivity index (χ4v) is 2.94. The third kappa shape index (κ3) is 3.95. The molecule has 0 saturated heterocycles. The summed E-state index contributed by atoms with van der Waals surface area (Å²) in [5.74, 6) is 0.896. The van der Waals surface area contributed by atoms with Crippen LogP contribution in [0, 0.1) is 5.92 Å². The highest BCUT2D eigenvalue weighted by Crippen LogP contribution is 2.33. The molecule has 1 aliphatic rings. The van der Waals surface area contributed by atoms with Crippen molar-refractivity contribution < 1.29 is 17.9 Å². The summed E-state index contributed by atoms with van der Waals surface area (Å²) in [6.45, 7) is 2.09. The normalized spacial score (nSPS) is 20.9. The maximum atomic E-state index is 12.0. The molecule has 2 atom stereocenters. The average Bonchev–Trinajstić information content (AvgIpc) is 3.15. The zero-order chi connectivity index (χ0) is 15.6. The van der Waals surface area contributed by atoms with Crippen LogP contribution in [0.2, 0.25) is 0 Å². The number of carbonyl (C=O) groups excluding carboxylic acids is 1. The van der Waals surface area contributed by atoms with Gasteiger partial charge in [0.15, 0.2) is 0 Å². The standard InChI is InChI=1S/C14H20N2O4S/c1-3-9-7-12(9)16-14(17)8-10-6-11(21(15,18)19)4-5-13(10)20-2/h4-6,9,12H,3,7-8H2,1-2H3,(H,16,17)(H2,15,18,19). The van der Waals surface area contributed by atoms with E-state index in [4.69, 9.17) is 9.88 Å². The Bertz CT molecular complexity index is 642. The molecule has 7 heteroatoms. The van der Waals surface area contributed by atoms with E-state index in [1.54, 1.807) is 0 Å². The van der Waals surface area contributed by atoms with E-state index in [0.717, 1.165) is 12.8 Å². The van der Waals surface area contributed by atoms with Crippen LogP contribution in [-0.2, 0) is 21.2 Å². The molecule has 0 heterocycles. The maximum Gasteiger partial charge on any atom is 0.238 e. The Balaban J connectivity index is 2.12. The molecule has 2 rings (SSSR count). The minimum Gasteiger partial charge on any atom is -0.496 e. The van der Waals surface area contributed by atoms with Crippen molar-refractivity contribution in [3.63, 3.8) is 0 Å². The van der Waals surface area contributed by atoms with Gasteiger partial charge in [-0.25, -0.2) is 13.6 Å². The lowest BCUT2D eigenvalue weighted by molar-refractivity contribution is -0.120. The second-order valence-electron chi connectivity index (χ2n) is 5.27. The Labute approximate surface area is 124 Å². The number of nitrogens with two attached hydrogens (primary N) is 1. The Kier molecular flexibility index (Phi) is 4.53. The van der Waals surface area contributed by atoms with Gasteiger partial charge in [0, 0.05) is 11.6 Å². The van der Waals surface area contributed by atoms with E-state index in [2.05, 4.69) is 12.2 Å². The fourth-order valence-electron chi connectivity index (χ4n) is 2.38. The van der Waals surface area contributed by atoms with E-state index in [9.17, 15) is 13.2 Å². The highest BCUT2D eigenvalue weighted by Gasteiger charge is 2.36. The summed E-state index contributed by atoms with van der Waals surface area (Å²) in [4.78, 5) is 12.0. The van der Waals surface area contributed by atoms with E-state index in [0.29, 0.717) is 17.2 Å². The molecule has 1 amide bonds. The van der Waals surface area contributed by atoms with Gasteiger partial charge in [0.25, 0.3) is 0 Å². The van der Waals surface area contributed by atoms with Crippen molar-refractivity contribution in [3.05, 3.63) is 23.8 Å². The Morgan fingerprint density at radius 1 is 1.48 bits per heavy atom. The molecule has 21 heavy (non-hydrogen) atoms. The molecule has 0 bridgehead atoms. The number of benzene rings is 1. The first-order valence-electron chi connectivity index (χ1n) is 6.84. The van der Waals surface area contributed by atoms with Gasteiger partial charge in [0.1, 0.15) is 5.75 Å². The molecule has 2 unspecified atom stereocenters. The molecular formula is C14H20N2O4S. The minimum atomic E-state index is -3.80. The number of nitrogens with one attached hydrogen (secondary N) is 1. The van der Waals surface area contributed by atoms with Gasteiger partial charge >= 0.3 is 0 Å². The molecule has 0 radical (unpaired) electrons. The summed E-state index contributed by atoms with van der Waals surface area (Å²) >= 11 is 0. The first-order chi connectivity index (χ1) is 9.85. The molecule has 1 aliphatic carbocycles. The molecule has 0 aliphatic heterocycles. The summed E-state index contributed by atoms with van der Waals surface area (Å²) in [7, 11) is -2.32. The number of carbonyl (C=O) groups is 1. The van der Waals surface area contributed by atoms with E-state index >= 15 is 0 Å². The van der Waals surface area contributed by atoms with E-state index < -0.39 is 10.0 Å². The monoisotopic (exact) mass is 312 g/mol. The van der Waals surface area contributed by atoms with Crippen LogP contribution in [0.5, 0.6) is 5.75 Å². The van der Waals surface area contributed by atoms with E-state index in [1.807, 2.05) is 0 Å². The first kappa shape index (κ1) is 15.8. The van der Waals surface area contributed by atoms with Gasteiger partial charge in [-0.05, 0) is 30.5 Å². The molecule has 3 N–H and O–H groups in total. The second kappa shape index (κ2) is 6.03. The molecule has 1 saturated carbocycles. The zero-order valence-electron chi connectivity index (χ0n) is 12.1. The Hall–Kier alpha value is -1.60. The van der Waals surface area contributed by atoms with Gasteiger partial charge in [0.2, 0.25) is 15.9 Å². The van der Waals surface area contributed by atoms with Gasteiger partial charge in [-0.1, -0.05) is 13.3 Å². The molecule has 1 fully saturated rings. The highest BCUT2D eigenvalue weighted by atomic mass is 32.2. The molecule has 1 aromatic carbocycles. The van der Waals surface area contributed by atoms with Crippen molar-refractivity contribution in [2.45, 2.75) is 37.1 Å². The van der Waals surface area contributed by atoms with Gasteiger partial charge in [0.05, 0.1) is 18.4 Å². The maximum absolute atomic E-state index is 12.0. The molecule has 1 aromatic rings. The average molecular weight is 312 g/mol. The minimum absolute atomic E-state index is 0.0241. The van der Waals surface area contributed by atoms with Crippen LogP contribution in [0.25, 0.3) is 0 Å². The van der Waals surface area contributed by atoms with Crippen LogP contribution in [-0.4, -0.2) is 27.5 Å². The number of sulfonamides is 1. The van der Waals surface area contributed by atoms with E-state index in [-0.39, 0.29) is 23.3 Å². The van der Waals surface area contributed by atoms with Crippen molar-refractivity contribution >= 4 is 15.9 Å². The van der Waals surface area contributed by atoms with Gasteiger partial charge in [-0.2, -0.15) is 0 Å². The summed E-state index contributed by atoms with van der Waals surface area (Å²) in [6, 6.07) is 4.51. The summed E-state index contributed by atoms with van der Waals surface area (Å²) in [6.07, 6.45) is 2.13. The number of primary sulfonamides is 1. The van der Waals surface area contributed by atoms with Crippen molar-refractivity contribution in [2.24, 2.45) is 11.1 Å². The largest absolute Gasteiger partial charge is 0.496 e. The molecule has 6 nitrogen and oxygen atoms in total. The lowest BCUT2D eigenvalue weighted by atomic mass is 10.1. The fraction of sp³-hybridized carbons (Fsp3) is 0.500. The lowest BCUT2D eigenvalue weighted by Crippen LogP contribution is -2.28. The van der Waals surface area contributed by atoms with Crippen molar-refractivity contribution in [2.75, 3.05) is 7.11 Å². The molecule has 116 valence electrons. The van der Waals surface area contributed by atoms with E-state index in [1.165, 1.54) is 25.3 Å². The summed E-state index contributed by atoms with van der Waals surface area (Å²) in [5, 5.41) is 8.04. The van der Waals surface area contributed by atoms with Crippen LogP contribution >= 0.6 is 0 Å². The number of ether oxygens (including phenoxy) is 1. The third-order valence-electron chi connectivity index (χ3n) is 3.72. The molecule has 0 aromatic heterocycles. The van der Waals surface area contributed by atoms with Crippen LogP contribution in [0.1, 0.15) is 25.3 Å². The van der Waals surface area contributed by atoms with Crippen molar-refractivity contribution in [3.8, 4) is 5.75 Å². The first-order valence-corrected chi connectivity index (χ1v) is 8.38. The highest BCUT2D eigenvalue weighted by molar-refractivity contribution is 7.89. The topological polar surface area (TPSA) is 98.5 Å². The summed E-state index contributed by atoms with van der Waals surface area (Å²) in [5.41, 5.74) is 0.509. The SMILES string of the molecule is CCC1CC1NC(=O)Cc1cc(S(N)(=O)=O)ccc1OC. The smallest absolute Gasteiger partial charge is 0.238 e. The van der Waals surface area contributed by atoms with Crippen molar-refractivity contribution in [1.29, 1.82) is 0 Å². The van der Waals surface area contributed by atoms with Crippen LogP contribution in [0.15, 0.2) is 23.1 Å². The zero-order valence-corrected chi connectivity index (χ0v) is 12.9. The van der Waals surface area contributed by atoms with Crippen LogP contribution in [0.3, 0.4) is 0 Å². The second-order valence-corrected chi connectivity index (χ2v) is 6.83. The van der Waals surface area contributed by atoms with Crippen LogP contribution in [0.4, 0.5) is 0 Å². The predicted octanol–water partition coefficient (Wildman–Crippen LogP) is 0.800. The van der Waals surface area contributed by atoms with Crippen LogP contribution < -0.4 is 15.2 Å². The molecule has 0 spiro atoms. The van der Waals surface area contributed by atoms with Crippen molar-refractivity contribution in [1.82, 2.24) is 5.32 Å². The third-order valence-corrected chi connectivity index (χ3v) is 4.64. The van der Waals surface area contributed by atoms with Gasteiger partial charge < -0.3 is 10.1 Å². The quantitative estimate of drug-likeness (QED) is 0.811. The predicted molar refractivity (Wildman–Crippen MR) is 78.4 cm³/mol. The number of amides is 1. The van der Waals surface area contributed by atoms with Gasteiger partial charge in [-0.3, -0.25) is 4.79 Å². The number of hydrogen-bond acceptors (Lipinski definition) is 4. The number of hydrogen-bond donors (Lipinski definition) is 2. The number of methoxy groups -OCH3 is 1. The Morgan fingerprint density at radius 3 is 2.71 bits per heavy atom. The summed E-state index contributed by atoms with van der Waals surface area (Å²) < 4.78 is 27.9. The molecular weight excluding hydrogens is 292 g/mol. The van der Waals surface area contributed by atoms with Gasteiger partial charge in [-0.15, -0.1) is 0 Å².